The Morgan fingerprint density at radius 2 is 1.83 bits per heavy atom. The minimum atomic E-state index is -3.25. The summed E-state index contributed by atoms with van der Waals surface area (Å²) in [5, 5.41) is 3.39. The third kappa shape index (κ3) is 3.48. The fourth-order valence-electron chi connectivity index (χ4n) is 3.12. The number of anilines is 2. The molecule has 1 atom stereocenters. The van der Waals surface area contributed by atoms with Crippen LogP contribution in [0.3, 0.4) is 0 Å². The third-order valence-corrected chi connectivity index (χ3v) is 5.42. The van der Waals surface area contributed by atoms with Crippen molar-refractivity contribution in [3.8, 4) is 5.75 Å². The molecule has 6 heteroatoms. The molecular formula is C18H22N2O3S. The molecule has 0 spiro atoms. The molecule has 2 aromatic carbocycles. The van der Waals surface area contributed by atoms with E-state index < -0.39 is 9.84 Å². The van der Waals surface area contributed by atoms with E-state index in [0.29, 0.717) is 10.6 Å². The predicted octanol–water partition coefficient (Wildman–Crippen LogP) is 2.79. The third-order valence-electron chi connectivity index (χ3n) is 4.26. The van der Waals surface area contributed by atoms with Crippen molar-refractivity contribution in [3.63, 3.8) is 0 Å². The van der Waals surface area contributed by atoms with Gasteiger partial charge in [0.25, 0.3) is 0 Å². The number of para-hydroxylation sites is 3. The van der Waals surface area contributed by atoms with Gasteiger partial charge in [-0.25, -0.2) is 8.42 Å². The number of nitrogens with one attached hydrogen (secondary N) is 1. The van der Waals surface area contributed by atoms with E-state index in [1.807, 2.05) is 36.4 Å². The Balaban J connectivity index is 1.76. The van der Waals surface area contributed by atoms with E-state index >= 15 is 0 Å². The first-order valence-electron chi connectivity index (χ1n) is 7.92. The Morgan fingerprint density at radius 3 is 2.58 bits per heavy atom. The molecule has 2 aromatic rings. The highest BCUT2D eigenvalue weighted by Crippen LogP contribution is 2.31. The van der Waals surface area contributed by atoms with Crippen molar-refractivity contribution in [2.75, 3.05) is 36.7 Å². The van der Waals surface area contributed by atoms with E-state index in [2.05, 4.69) is 10.2 Å². The van der Waals surface area contributed by atoms with Crippen LogP contribution in [0.4, 0.5) is 11.4 Å². The zero-order valence-corrected chi connectivity index (χ0v) is 14.7. The molecule has 0 bridgehead atoms. The molecule has 0 saturated carbocycles. The Kier molecular flexibility index (Phi) is 4.66. The van der Waals surface area contributed by atoms with Crippen LogP contribution in [0.25, 0.3) is 0 Å². The van der Waals surface area contributed by atoms with Gasteiger partial charge in [0.1, 0.15) is 5.75 Å². The molecule has 0 aliphatic carbocycles. The van der Waals surface area contributed by atoms with E-state index in [0.717, 1.165) is 30.9 Å². The molecular weight excluding hydrogens is 324 g/mol. The highest BCUT2D eigenvalue weighted by Gasteiger charge is 2.25. The fraction of sp³-hybridized carbons (Fsp3) is 0.333. The SMILES string of the molecule is COc1ccccc1N1CC[C@H](Nc2ccccc2S(C)(=O)=O)C1. The van der Waals surface area contributed by atoms with Crippen LogP contribution >= 0.6 is 0 Å². The number of nitrogens with zero attached hydrogens (tertiary/aromatic N) is 1. The van der Waals surface area contributed by atoms with Crippen molar-refractivity contribution in [3.05, 3.63) is 48.5 Å². The number of hydrogen-bond donors (Lipinski definition) is 1. The molecule has 128 valence electrons. The van der Waals surface area contributed by atoms with Gasteiger partial charge in [0.05, 0.1) is 23.4 Å². The number of hydrogen-bond acceptors (Lipinski definition) is 5. The summed E-state index contributed by atoms with van der Waals surface area (Å²) in [6.07, 6.45) is 2.18. The highest BCUT2D eigenvalue weighted by atomic mass is 32.2. The second-order valence-corrected chi connectivity index (χ2v) is 8.00. The molecule has 1 N–H and O–H groups in total. The number of sulfone groups is 1. The lowest BCUT2D eigenvalue weighted by molar-refractivity contribution is 0.415. The molecule has 3 rings (SSSR count). The first kappa shape index (κ1) is 16.6. The monoisotopic (exact) mass is 346 g/mol. The summed E-state index contributed by atoms with van der Waals surface area (Å²) >= 11 is 0. The number of methoxy groups -OCH3 is 1. The summed E-state index contributed by atoms with van der Waals surface area (Å²) < 4.78 is 29.3. The molecule has 0 amide bonds. The molecule has 1 aliphatic heterocycles. The standard InChI is InChI=1S/C18H22N2O3S/c1-23-17-9-5-4-8-16(17)20-12-11-14(13-20)19-15-7-3-6-10-18(15)24(2,21)22/h3-10,14,19H,11-13H2,1-2H3/t14-/m0/s1. The summed E-state index contributed by atoms with van der Waals surface area (Å²) in [5.74, 6) is 0.856. The Hall–Kier alpha value is -2.21. The van der Waals surface area contributed by atoms with Gasteiger partial charge in [-0.2, -0.15) is 0 Å². The maximum absolute atomic E-state index is 11.9. The normalized spacial score (nSPS) is 17.8. The lowest BCUT2D eigenvalue weighted by Crippen LogP contribution is -2.26. The Labute approximate surface area is 143 Å². The van der Waals surface area contributed by atoms with Crippen LogP contribution in [0.2, 0.25) is 0 Å². The molecule has 0 unspecified atom stereocenters. The fourth-order valence-corrected chi connectivity index (χ4v) is 3.97. The average molecular weight is 346 g/mol. The van der Waals surface area contributed by atoms with E-state index in [1.165, 1.54) is 6.26 Å². The van der Waals surface area contributed by atoms with Crippen molar-refractivity contribution in [2.45, 2.75) is 17.4 Å². The highest BCUT2D eigenvalue weighted by molar-refractivity contribution is 7.90. The molecule has 1 fully saturated rings. The number of ether oxygens (including phenoxy) is 1. The zero-order valence-electron chi connectivity index (χ0n) is 13.9. The van der Waals surface area contributed by atoms with E-state index in [1.54, 1.807) is 19.2 Å². The summed E-state index contributed by atoms with van der Waals surface area (Å²) in [7, 11) is -1.57. The van der Waals surface area contributed by atoms with Crippen molar-refractivity contribution in [1.82, 2.24) is 0 Å². The molecule has 0 radical (unpaired) electrons. The summed E-state index contributed by atoms with van der Waals surface area (Å²) in [6, 6.07) is 15.2. The smallest absolute Gasteiger partial charge is 0.177 e. The van der Waals surface area contributed by atoms with Crippen LogP contribution < -0.4 is 15.0 Å². The first-order chi connectivity index (χ1) is 11.5. The lowest BCUT2D eigenvalue weighted by atomic mass is 10.2. The quantitative estimate of drug-likeness (QED) is 0.902. The minimum absolute atomic E-state index is 0.192. The van der Waals surface area contributed by atoms with Crippen LogP contribution in [0, 0.1) is 0 Å². The van der Waals surface area contributed by atoms with E-state index in [4.69, 9.17) is 4.74 Å². The van der Waals surface area contributed by atoms with E-state index in [9.17, 15) is 8.42 Å². The molecule has 5 nitrogen and oxygen atoms in total. The van der Waals surface area contributed by atoms with Crippen molar-refractivity contribution < 1.29 is 13.2 Å². The van der Waals surface area contributed by atoms with Crippen LogP contribution in [0.15, 0.2) is 53.4 Å². The number of rotatable bonds is 5. The molecule has 1 saturated heterocycles. The Bertz CT molecular complexity index is 821. The van der Waals surface area contributed by atoms with Gasteiger partial charge in [-0.15, -0.1) is 0 Å². The van der Waals surface area contributed by atoms with Gasteiger partial charge in [0, 0.05) is 25.4 Å². The van der Waals surface area contributed by atoms with E-state index in [-0.39, 0.29) is 6.04 Å². The van der Waals surface area contributed by atoms with Gasteiger partial charge in [-0.05, 0) is 30.7 Å². The summed E-state index contributed by atoms with van der Waals surface area (Å²) in [4.78, 5) is 2.61. The molecule has 1 aliphatic rings. The van der Waals surface area contributed by atoms with Crippen LogP contribution in [0.1, 0.15) is 6.42 Å². The topological polar surface area (TPSA) is 58.6 Å². The Morgan fingerprint density at radius 1 is 1.12 bits per heavy atom. The first-order valence-corrected chi connectivity index (χ1v) is 9.82. The van der Waals surface area contributed by atoms with Crippen molar-refractivity contribution >= 4 is 21.2 Å². The molecule has 24 heavy (non-hydrogen) atoms. The van der Waals surface area contributed by atoms with Gasteiger partial charge in [-0.3, -0.25) is 0 Å². The van der Waals surface area contributed by atoms with Crippen molar-refractivity contribution in [1.29, 1.82) is 0 Å². The molecule has 0 aromatic heterocycles. The van der Waals surface area contributed by atoms with Crippen LogP contribution in [0.5, 0.6) is 5.75 Å². The van der Waals surface area contributed by atoms with Gasteiger partial charge >= 0.3 is 0 Å². The van der Waals surface area contributed by atoms with Gasteiger partial charge < -0.3 is 15.0 Å². The van der Waals surface area contributed by atoms with Crippen LogP contribution in [-0.4, -0.2) is 40.9 Å². The maximum Gasteiger partial charge on any atom is 0.177 e. The van der Waals surface area contributed by atoms with Crippen molar-refractivity contribution in [2.24, 2.45) is 0 Å². The number of benzene rings is 2. The van der Waals surface area contributed by atoms with Gasteiger partial charge in [-0.1, -0.05) is 24.3 Å². The second kappa shape index (κ2) is 6.73. The maximum atomic E-state index is 11.9. The largest absolute Gasteiger partial charge is 0.495 e. The zero-order chi connectivity index (χ0) is 17.2. The average Bonchev–Trinajstić information content (AvgIpc) is 3.02. The minimum Gasteiger partial charge on any atom is -0.495 e. The molecule has 1 heterocycles. The van der Waals surface area contributed by atoms with Gasteiger partial charge in [0.15, 0.2) is 9.84 Å². The lowest BCUT2D eigenvalue weighted by Gasteiger charge is -2.22. The van der Waals surface area contributed by atoms with Gasteiger partial charge in [0.2, 0.25) is 0 Å². The predicted molar refractivity (Wildman–Crippen MR) is 96.8 cm³/mol. The summed E-state index contributed by atoms with van der Waals surface area (Å²) in [5.41, 5.74) is 1.74. The second-order valence-electron chi connectivity index (χ2n) is 6.02. The summed E-state index contributed by atoms with van der Waals surface area (Å²) in [6.45, 7) is 1.71. The van der Waals surface area contributed by atoms with Crippen LogP contribution in [-0.2, 0) is 9.84 Å².